The van der Waals surface area contributed by atoms with Gasteiger partial charge in [0.05, 0.1) is 13.3 Å². The minimum atomic E-state index is 0.334. The molecule has 2 aromatic heterocycles. The van der Waals surface area contributed by atoms with E-state index < -0.39 is 0 Å². The van der Waals surface area contributed by atoms with Crippen LogP contribution in [-0.4, -0.2) is 33.9 Å². The SMILES string of the molecule is COc1c(N)ncnc1N(C)Cc1cnn(C)c1. The van der Waals surface area contributed by atoms with Crippen LogP contribution >= 0.6 is 0 Å². The number of methoxy groups -OCH3 is 1. The average molecular weight is 248 g/mol. The monoisotopic (exact) mass is 248 g/mol. The zero-order valence-corrected chi connectivity index (χ0v) is 10.7. The Balaban J connectivity index is 2.23. The van der Waals surface area contributed by atoms with Crippen LogP contribution < -0.4 is 15.4 Å². The van der Waals surface area contributed by atoms with Crippen molar-refractivity contribution in [3.63, 3.8) is 0 Å². The molecule has 18 heavy (non-hydrogen) atoms. The third-order valence-electron chi connectivity index (χ3n) is 2.56. The fourth-order valence-corrected chi connectivity index (χ4v) is 1.75. The molecule has 0 aliphatic carbocycles. The number of hydrogen-bond donors (Lipinski definition) is 1. The summed E-state index contributed by atoms with van der Waals surface area (Å²) in [7, 11) is 5.35. The molecule has 0 aliphatic rings. The zero-order chi connectivity index (χ0) is 13.1. The second kappa shape index (κ2) is 4.91. The van der Waals surface area contributed by atoms with Gasteiger partial charge in [0.1, 0.15) is 6.33 Å². The lowest BCUT2D eigenvalue weighted by molar-refractivity contribution is 0.413. The first-order valence-corrected chi connectivity index (χ1v) is 5.45. The maximum atomic E-state index is 5.75. The fraction of sp³-hybridized carbons (Fsp3) is 0.364. The van der Waals surface area contributed by atoms with Gasteiger partial charge in [0.15, 0.2) is 11.6 Å². The summed E-state index contributed by atoms with van der Waals surface area (Å²) in [6.45, 7) is 0.667. The van der Waals surface area contributed by atoms with E-state index >= 15 is 0 Å². The molecular weight excluding hydrogens is 232 g/mol. The van der Waals surface area contributed by atoms with Gasteiger partial charge in [-0.25, -0.2) is 9.97 Å². The molecule has 0 saturated heterocycles. The summed E-state index contributed by atoms with van der Waals surface area (Å²) in [4.78, 5) is 10.0. The number of nitrogens with two attached hydrogens (primary N) is 1. The predicted octanol–water partition coefficient (Wildman–Crippen LogP) is 0.437. The Morgan fingerprint density at radius 3 is 2.83 bits per heavy atom. The summed E-state index contributed by atoms with van der Waals surface area (Å²) in [5.41, 5.74) is 6.83. The van der Waals surface area contributed by atoms with E-state index in [2.05, 4.69) is 15.1 Å². The Morgan fingerprint density at radius 1 is 1.44 bits per heavy atom. The molecular formula is C11H16N6O. The number of rotatable bonds is 4. The van der Waals surface area contributed by atoms with Crippen molar-refractivity contribution in [2.45, 2.75) is 6.54 Å². The van der Waals surface area contributed by atoms with Crippen molar-refractivity contribution < 1.29 is 4.74 Å². The standard InChI is InChI=1S/C11H16N6O/c1-16(5-8-4-15-17(2)6-8)11-9(18-3)10(12)13-7-14-11/h4,6-7H,5H2,1-3H3,(H2,12,13,14). The number of ether oxygens (including phenoxy) is 1. The summed E-state index contributed by atoms with van der Waals surface area (Å²) in [6.07, 6.45) is 5.19. The molecule has 0 fully saturated rings. The Kier molecular flexibility index (Phi) is 3.31. The van der Waals surface area contributed by atoms with Crippen LogP contribution in [0.3, 0.4) is 0 Å². The summed E-state index contributed by atoms with van der Waals surface area (Å²) < 4.78 is 6.99. The number of nitrogens with zero attached hydrogens (tertiary/aromatic N) is 5. The van der Waals surface area contributed by atoms with Gasteiger partial charge in [0, 0.05) is 32.4 Å². The lowest BCUT2D eigenvalue weighted by Crippen LogP contribution is -2.19. The van der Waals surface area contributed by atoms with E-state index in [4.69, 9.17) is 10.5 Å². The highest BCUT2D eigenvalue weighted by atomic mass is 16.5. The number of nitrogen functional groups attached to an aromatic ring is 1. The highest BCUT2D eigenvalue weighted by Gasteiger charge is 2.14. The first kappa shape index (κ1) is 12.2. The van der Waals surface area contributed by atoms with Crippen LogP contribution in [0.1, 0.15) is 5.56 Å². The maximum absolute atomic E-state index is 5.75. The van der Waals surface area contributed by atoms with Gasteiger partial charge in [-0.1, -0.05) is 0 Å². The van der Waals surface area contributed by atoms with E-state index in [0.29, 0.717) is 23.9 Å². The van der Waals surface area contributed by atoms with Gasteiger partial charge in [-0.15, -0.1) is 0 Å². The van der Waals surface area contributed by atoms with Gasteiger partial charge < -0.3 is 15.4 Å². The molecule has 2 N–H and O–H groups in total. The van der Waals surface area contributed by atoms with Gasteiger partial charge >= 0.3 is 0 Å². The fourth-order valence-electron chi connectivity index (χ4n) is 1.75. The molecule has 0 aromatic carbocycles. The van der Waals surface area contributed by atoms with Crippen molar-refractivity contribution in [2.75, 3.05) is 24.8 Å². The van der Waals surface area contributed by atoms with Gasteiger partial charge in [-0.2, -0.15) is 5.10 Å². The lowest BCUT2D eigenvalue weighted by Gasteiger charge is -2.19. The Hall–Kier alpha value is -2.31. The number of aromatic nitrogens is 4. The Bertz CT molecular complexity index is 538. The molecule has 96 valence electrons. The molecule has 0 unspecified atom stereocenters. The highest BCUT2D eigenvalue weighted by Crippen LogP contribution is 2.29. The summed E-state index contributed by atoms with van der Waals surface area (Å²) in [5.74, 6) is 1.48. The molecule has 0 spiro atoms. The van der Waals surface area contributed by atoms with Crippen molar-refractivity contribution in [1.82, 2.24) is 19.7 Å². The lowest BCUT2D eigenvalue weighted by atomic mass is 10.3. The van der Waals surface area contributed by atoms with E-state index in [1.807, 2.05) is 31.4 Å². The molecule has 0 amide bonds. The molecule has 2 heterocycles. The Labute approximate surface area is 105 Å². The molecule has 0 bridgehead atoms. The van der Waals surface area contributed by atoms with E-state index in [0.717, 1.165) is 5.56 Å². The minimum Gasteiger partial charge on any atom is -0.490 e. The van der Waals surface area contributed by atoms with Crippen LogP contribution in [0.5, 0.6) is 5.75 Å². The molecule has 0 aliphatic heterocycles. The van der Waals surface area contributed by atoms with E-state index in [-0.39, 0.29) is 0 Å². The third-order valence-corrected chi connectivity index (χ3v) is 2.56. The Morgan fingerprint density at radius 2 is 2.22 bits per heavy atom. The number of hydrogen-bond acceptors (Lipinski definition) is 6. The van der Waals surface area contributed by atoms with Crippen molar-refractivity contribution in [2.24, 2.45) is 7.05 Å². The zero-order valence-electron chi connectivity index (χ0n) is 10.7. The predicted molar refractivity (Wildman–Crippen MR) is 68.3 cm³/mol. The summed E-state index contributed by atoms with van der Waals surface area (Å²) in [6, 6.07) is 0. The first-order chi connectivity index (χ1) is 8.61. The molecule has 2 rings (SSSR count). The van der Waals surface area contributed by atoms with E-state index in [9.17, 15) is 0 Å². The van der Waals surface area contributed by atoms with Crippen molar-refractivity contribution >= 4 is 11.6 Å². The van der Waals surface area contributed by atoms with E-state index in [1.54, 1.807) is 11.8 Å². The molecule has 0 atom stereocenters. The van der Waals surface area contributed by atoms with Crippen LogP contribution in [0, 0.1) is 0 Å². The normalized spacial score (nSPS) is 10.4. The van der Waals surface area contributed by atoms with Crippen LogP contribution in [-0.2, 0) is 13.6 Å². The maximum Gasteiger partial charge on any atom is 0.204 e. The largest absolute Gasteiger partial charge is 0.490 e. The summed E-state index contributed by atoms with van der Waals surface area (Å²) in [5, 5.41) is 4.12. The van der Waals surface area contributed by atoms with Gasteiger partial charge in [0.2, 0.25) is 5.75 Å². The average Bonchev–Trinajstić information content (AvgIpc) is 2.74. The topological polar surface area (TPSA) is 82.1 Å². The van der Waals surface area contributed by atoms with Crippen molar-refractivity contribution in [1.29, 1.82) is 0 Å². The molecule has 7 nitrogen and oxygen atoms in total. The second-order valence-electron chi connectivity index (χ2n) is 3.99. The third kappa shape index (κ3) is 2.34. The number of anilines is 2. The van der Waals surface area contributed by atoms with Crippen LogP contribution in [0.2, 0.25) is 0 Å². The van der Waals surface area contributed by atoms with Crippen LogP contribution in [0.25, 0.3) is 0 Å². The molecule has 0 radical (unpaired) electrons. The van der Waals surface area contributed by atoms with Crippen LogP contribution in [0.4, 0.5) is 11.6 Å². The molecule has 2 aromatic rings. The highest BCUT2D eigenvalue weighted by molar-refractivity contribution is 5.62. The smallest absolute Gasteiger partial charge is 0.204 e. The molecule has 0 saturated carbocycles. The number of aryl methyl sites for hydroxylation is 1. The van der Waals surface area contributed by atoms with Gasteiger partial charge in [-0.05, 0) is 0 Å². The van der Waals surface area contributed by atoms with E-state index in [1.165, 1.54) is 6.33 Å². The van der Waals surface area contributed by atoms with Crippen molar-refractivity contribution in [3.05, 3.63) is 24.3 Å². The molecule has 7 heteroatoms. The quantitative estimate of drug-likeness (QED) is 0.845. The minimum absolute atomic E-state index is 0.334. The van der Waals surface area contributed by atoms with Gasteiger partial charge in [-0.3, -0.25) is 4.68 Å². The summed E-state index contributed by atoms with van der Waals surface area (Å²) >= 11 is 0. The van der Waals surface area contributed by atoms with Crippen molar-refractivity contribution in [3.8, 4) is 5.75 Å². The first-order valence-electron chi connectivity index (χ1n) is 5.45. The second-order valence-corrected chi connectivity index (χ2v) is 3.99. The van der Waals surface area contributed by atoms with Crippen LogP contribution in [0.15, 0.2) is 18.7 Å². The van der Waals surface area contributed by atoms with Gasteiger partial charge in [0.25, 0.3) is 0 Å².